The van der Waals surface area contributed by atoms with Crippen LogP contribution in [0.4, 0.5) is 5.69 Å². The molecule has 0 atom stereocenters. The van der Waals surface area contributed by atoms with Gasteiger partial charge in [0.15, 0.2) is 0 Å². The van der Waals surface area contributed by atoms with Crippen LogP contribution in [0.1, 0.15) is 19.4 Å². The van der Waals surface area contributed by atoms with Crippen LogP contribution < -0.4 is 5.73 Å². The first-order chi connectivity index (χ1) is 8.51. The minimum Gasteiger partial charge on any atom is -0.333 e. The van der Waals surface area contributed by atoms with Crippen molar-refractivity contribution < 1.29 is 4.92 Å². The Morgan fingerprint density at radius 3 is 1.81 bits per heavy atom. The number of nitrogens with two attached hydrogens (primary N) is 1. The Morgan fingerprint density at radius 1 is 1.24 bits per heavy atom. The summed E-state index contributed by atoms with van der Waals surface area (Å²) in [4.78, 5) is 9.87. The molecule has 0 aliphatic rings. The summed E-state index contributed by atoms with van der Waals surface area (Å²) in [5, 5.41) is 23.6. The Morgan fingerprint density at radius 2 is 1.57 bits per heavy atom. The van der Waals surface area contributed by atoms with E-state index in [2.05, 4.69) is 5.73 Å². The zero-order valence-electron chi connectivity index (χ0n) is 12.2. The zero-order chi connectivity index (χ0) is 14.6. The molecule has 6 nitrogen and oxygen atoms in total. The number of nitro benzene ring substituents is 1. The third-order valence-electron chi connectivity index (χ3n) is 1.62. The molecule has 0 bridgehead atoms. The van der Waals surface area contributed by atoms with Crippen molar-refractivity contribution >= 4 is 54.8 Å². The molecule has 0 fully saturated rings. The number of hydrogen-bond acceptors (Lipinski definition) is 5. The van der Waals surface area contributed by atoms with E-state index in [0.717, 1.165) is 5.56 Å². The molecule has 0 radical (unpaired) electrons. The summed E-state index contributed by atoms with van der Waals surface area (Å²) >= 11 is 0. The Labute approximate surface area is 143 Å². The highest BCUT2D eigenvalue weighted by Gasteiger charge is 2.03. The van der Waals surface area contributed by atoms with Gasteiger partial charge in [-0.05, 0) is 32.7 Å². The minimum atomic E-state index is -0.430. The number of hydrogen-bond donors (Lipinski definition) is 3. The van der Waals surface area contributed by atoms with E-state index in [4.69, 9.17) is 10.8 Å². The molecule has 0 aromatic heterocycles. The Balaban J connectivity index is -0.0000000954. The van der Waals surface area contributed by atoms with E-state index in [9.17, 15) is 10.1 Å². The molecule has 4 N–H and O–H groups in total. The van der Waals surface area contributed by atoms with Crippen LogP contribution >= 0.6 is 37.2 Å². The predicted molar refractivity (Wildman–Crippen MR) is 96.5 cm³/mol. The van der Waals surface area contributed by atoms with E-state index < -0.39 is 4.92 Å². The maximum Gasteiger partial charge on any atom is 0.269 e. The molecule has 0 aliphatic heterocycles. The molecule has 0 heterocycles. The van der Waals surface area contributed by atoms with Crippen LogP contribution in [0.5, 0.6) is 0 Å². The van der Waals surface area contributed by atoms with Gasteiger partial charge < -0.3 is 16.6 Å². The van der Waals surface area contributed by atoms with Crippen molar-refractivity contribution in [2.75, 3.05) is 7.05 Å². The zero-order valence-corrected chi connectivity index (χ0v) is 14.6. The van der Waals surface area contributed by atoms with E-state index in [0.29, 0.717) is 12.1 Å². The van der Waals surface area contributed by atoms with E-state index in [1.54, 1.807) is 26.0 Å². The number of benzene rings is 1. The molecule has 124 valence electrons. The lowest BCUT2D eigenvalue weighted by atomic mass is 10.1. The van der Waals surface area contributed by atoms with Gasteiger partial charge in [-0.3, -0.25) is 10.1 Å². The summed E-state index contributed by atoms with van der Waals surface area (Å²) in [7, 11) is 1.50. The number of halogens is 3. The fourth-order valence-corrected chi connectivity index (χ4v) is 1.04. The summed E-state index contributed by atoms with van der Waals surface area (Å²) in [6, 6.07) is 6.27. The molecule has 0 spiro atoms. The maximum absolute atomic E-state index is 10.3. The molecule has 1 aromatic rings. The van der Waals surface area contributed by atoms with Gasteiger partial charge in [-0.15, -0.1) is 37.2 Å². The molecular weight excluding hydrogens is 339 g/mol. The van der Waals surface area contributed by atoms with Crippen LogP contribution in [0, 0.1) is 20.9 Å². The van der Waals surface area contributed by atoms with Gasteiger partial charge in [0.1, 0.15) is 0 Å². The topological polar surface area (TPSA) is 117 Å². The van der Waals surface area contributed by atoms with Crippen molar-refractivity contribution in [2.24, 2.45) is 5.73 Å². The number of nitro groups is 1. The number of nitrogens with one attached hydrogen (secondary N) is 2. The van der Waals surface area contributed by atoms with Crippen molar-refractivity contribution in [2.45, 2.75) is 20.3 Å². The van der Waals surface area contributed by atoms with Crippen LogP contribution in [0.2, 0.25) is 0 Å². The minimum absolute atomic E-state index is 0. The van der Waals surface area contributed by atoms with E-state index in [1.807, 2.05) is 0 Å². The highest BCUT2D eigenvalue weighted by atomic mass is 35.5. The normalized spacial score (nSPS) is 6.86. The van der Waals surface area contributed by atoms with Crippen LogP contribution in [-0.4, -0.2) is 23.9 Å². The SMILES string of the molecule is CC(=N)Cc1ccc([N+](=O)[O-])cc1.CC=N.CN.Cl.Cl.Cl. The molecule has 0 amide bonds. The molecular formula is C12H23Cl3N4O2. The third kappa shape index (κ3) is 18.8. The largest absolute Gasteiger partial charge is 0.333 e. The molecule has 21 heavy (non-hydrogen) atoms. The van der Waals surface area contributed by atoms with Crippen LogP contribution in [-0.2, 0) is 6.42 Å². The quantitative estimate of drug-likeness (QED) is 0.433. The first-order valence-corrected chi connectivity index (χ1v) is 5.31. The van der Waals surface area contributed by atoms with Gasteiger partial charge in [-0.25, -0.2) is 0 Å². The highest BCUT2D eigenvalue weighted by Crippen LogP contribution is 2.12. The standard InChI is InChI=1S/C9H10N2O2.C2H5N.CH5N.3ClH/c1-7(10)6-8-2-4-9(5-3-8)11(12)13;1-2-3;1-2;;;/h2-5,10H,6H2,1H3;2-3H,1H3;2H2,1H3;3*1H. The second kappa shape index (κ2) is 21.1. The van der Waals surface area contributed by atoms with Gasteiger partial charge in [0.25, 0.3) is 5.69 Å². The molecule has 9 heteroatoms. The number of nitrogens with zero attached hydrogens (tertiary/aromatic N) is 1. The lowest BCUT2D eigenvalue weighted by molar-refractivity contribution is -0.384. The average molecular weight is 362 g/mol. The van der Waals surface area contributed by atoms with Crippen molar-refractivity contribution in [1.82, 2.24) is 0 Å². The molecule has 1 aromatic carbocycles. The number of rotatable bonds is 3. The fraction of sp³-hybridized carbons (Fsp3) is 0.333. The van der Waals surface area contributed by atoms with Crippen LogP contribution in [0.3, 0.4) is 0 Å². The van der Waals surface area contributed by atoms with Gasteiger partial charge in [0.05, 0.1) is 4.92 Å². The first-order valence-electron chi connectivity index (χ1n) is 5.31. The van der Waals surface area contributed by atoms with E-state index in [1.165, 1.54) is 25.4 Å². The summed E-state index contributed by atoms with van der Waals surface area (Å²) in [5.74, 6) is 0. The van der Waals surface area contributed by atoms with Crippen molar-refractivity contribution in [3.05, 3.63) is 39.9 Å². The first kappa shape index (κ1) is 31.9. The third-order valence-corrected chi connectivity index (χ3v) is 1.62. The lowest BCUT2D eigenvalue weighted by Gasteiger charge is -1.97. The smallest absolute Gasteiger partial charge is 0.269 e. The van der Waals surface area contributed by atoms with Crippen LogP contribution in [0.15, 0.2) is 24.3 Å². The number of non-ortho nitro benzene ring substituents is 1. The fourth-order valence-electron chi connectivity index (χ4n) is 1.04. The molecule has 0 saturated carbocycles. The maximum atomic E-state index is 10.3. The van der Waals surface area contributed by atoms with Gasteiger partial charge in [0, 0.05) is 24.3 Å². The molecule has 0 aliphatic carbocycles. The van der Waals surface area contributed by atoms with Gasteiger partial charge >= 0.3 is 0 Å². The Bertz CT molecular complexity index is 387. The molecule has 0 saturated heterocycles. The van der Waals surface area contributed by atoms with Crippen molar-refractivity contribution in [1.29, 1.82) is 10.8 Å². The summed E-state index contributed by atoms with van der Waals surface area (Å²) in [6.07, 6.45) is 1.80. The average Bonchev–Trinajstić information content (AvgIpc) is 2.32. The Hall–Kier alpha value is -1.21. The van der Waals surface area contributed by atoms with E-state index in [-0.39, 0.29) is 42.9 Å². The second-order valence-electron chi connectivity index (χ2n) is 3.17. The molecule has 1 rings (SSSR count). The van der Waals surface area contributed by atoms with E-state index >= 15 is 0 Å². The highest BCUT2D eigenvalue weighted by molar-refractivity contribution is 5.86. The summed E-state index contributed by atoms with van der Waals surface area (Å²) < 4.78 is 0. The van der Waals surface area contributed by atoms with Crippen LogP contribution in [0.25, 0.3) is 0 Å². The van der Waals surface area contributed by atoms with Crippen molar-refractivity contribution in [3.8, 4) is 0 Å². The van der Waals surface area contributed by atoms with Gasteiger partial charge in [0.2, 0.25) is 0 Å². The predicted octanol–water partition coefficient (Wildman–Crippen LogP) is 3.67. The molecule has 0 unspecified atom stereocenters. The monoisotopic (exact) mass is 360 g/mol. The lowest BCUT2D eigenvalue weighted by Crippen LogP contribution is -1.95. The summed E-state index contributed by atoms with van der Waals surface area (Å²) in [6.45, 7) is 3.38. The Kier molecular flexibility index (Phi) is 32.1. The van der Waals surface area contributed by atoms with Gasteiger partial charge in [-0.2, -0.15) is 0 Å². The second-order valence-corrected chi connectivity index (χ2v) is 3.17. The van der Waals surface area contributed by atoms with Gasteiger partial charge in [-0.1, -0.05) is 12.1 Å². The summed E-state index contributed by atoms with van der Waals surface area (Å²) in [5.41, 5.74) is 6.07. The van der Waals surface area contributed by atoms with Crippen molar-refractivity contribution in [3.63, 3.8) is 0 Å².